The average Bonchev–Trinajstić information content (AvgIpc) is 2.73. The highest BCUT2D eigenvalue weighted by atomic mass is 16.6. The second-order valence-electron chi connectivity index (χ2n) is 6.63. The number of hydrogen-bond donors (Lipinski definition) is 1. The summed E-state index contributed by atoms with van der Waals surface area (Å²) in [7, 11) is 0. The molecule has 2 aliphatic heterocycles. The predicted molar refractivity (Wildman–Crippen MR) is 82.4 cm³/mol. The molecule has 1 aromatic carbocycles. The van der Waals surface area contributed by atoms with E-state index in [4.69, 9.17) is 9.47 Å². The normalized spacial score (nSPS) is 26.9. The Balaban J connectivity index is 1.62. The Kier molecular flexibility index (Phi) is 3.21. The first-order valence-corrected chi connectivity index (χ1v) is 8.12. The average molecular weight is 316 g/mol. The SMILES string of the molecule is C[C@@]1(c2ccc3c(c2)OCCO3)NC(=O)N(CC2CCC2)C1=O. The molecular weight excluding hydrogens is 296 g/mol. The first-order valence-electron chi connectivity index (χ1n) is 8.12. The molecule has 23 heavy (non-hydrogen) atoms. The van der Waals surface area contributed by atoms with Crippen LogP contribution in [0.4, 0.5) is 4.79 Å². The van der Waals surface area contributed by atoms with Crippen LogP contribution in [-0.2, 0) is 10.3 Å². The van der Waals surface area contributed by atoms with Gasteiger partial charge in [0, 0.05) is 6.54 Å². The number of nitrogens with one attached hydrogen (secondary N) is 1. The van der Waals surface area contributed by atoms with Crippen LogP contribution < -0.4 is 14.8 Å². The summed E-state index contributed by atoms with van der Waals surface area (Å²) >= 11 is 0. The summed E-state index contributed by atoms with van der Waals surface area (Å²) in [5, 5.41) is 2.85. The highest BCUT2D eigenvalue weighted by Gasteiger charge is 2.49. The quantitative estimate of drug-likeness (QED) is 0.866. The van der Waals surface area contributed by atoms with E-state index >= 15 is 0 Å². The molecule has 122 valence electrons. The van der Waals surface area contributed by atoms with Crippen molar-refractivity contribution in [3.63, 3.8) is 0 Å². The number of benzene rings is 1. The van der Waals surface area contributed by atoms with Gasteiger partial charge in [0.1, 0.15) is 18.8 Å². The lowest BCUT2D eigenvalue weighted by atomic mass is 9.84. The van der Waals surface area contributed by atoms with Gasteiger partial charge in [-0.25, -0.2) is 4.79 Å². The van der Waals surface area contributed by atoms with E-state index in [-0.39, 0.29) is 11.9 Å². The molecule has 2 heterocycles. The van der Waals surface area contributed by atoms with E-state index in [0.717, 1.165) is 18.4 Å². The van der Waals surface area contributed by atoms with Crippen LogP contribution in [0.15, 0.2) is 18.2 Å². The van der Waals surface area contributed by atoms with Gasteiger partial charge in [0.25, 0.3) is 5.91 Å². The van der Waals surface area contributed by atoms with Crippen LogP contribution in [0.2, 0.25) is 0 Å². The van der Waals surface area contributed by atoms with Crippen LogP contribution >= 0.6 is 0 Å². The minimum absolute atomic E-state index is 0.189. The molecule has 1 atom stereocenters. The van der Waals surface area contributed by atoms with E-state index in [1.807, 2.05) is 6.07 Å². The Labute approximate surface area is 134 Å². The van der Waals surface area contributed by atoms with E-state index in [1.165, 1.54) is 11.3 Å². The monoisotopic (exact) mass is 316 g/mol. The lowest BCUT2D eigenvalue weighted by Gasteiger charge is -2.29. The van der Waals surface area contributed by atoms with Crippen molar-refractivity contribution >= 4 is 11.9 Å². The molecule has 0 radical (unpaired) electrons. The molecule has 1 aliphatic carbocycles. The van der Waals surface area contributed by atoms with Gasteiger partial charge in [-0.1, -0.05) is 12.5 Å². The van der Waals surface area contributed by atoms with Crippen molar-refractivity contribution in [3.8, 4) is 11.5 Å². The number of amides is 3. The number of fused-ring (bicyclic) bond motifs is 1. The highest BCUT2D eigenvalue weighted by molar-refractivity contribution is 6.07. The fraction of sp³-hybridized carbons (Fsp3) is 0.529. The maximum Gasteiger partial charge on any atom is 0.325 e. The van der Waals surface area contributed by atoms with Gasteiger partial charge in [-0.05, 0) is 43.4 Å². The molecule has 1 N–H and O–H groups in total. The van der Waals surface area contributed by atoms with Gasteiger partial charge in [0.15, 0.2) is 11.5 Å². The zero-order valence-corrected chi connectivity index (χ0v) is 13.1. The molecular formula is C17H20N2O4. The Morgan fingerprint density at radius 3 is 2.65 bits per heavy atom. The second kappa shape index (κ2) is 5.15. The third kappa shape index (κ3) is 2.24. The van der Waals surface area contributed by atoms with Crippen molar-refractivity contribution in [2.45, 2.75) is 31.7 Å². The van der Waals surface area contributed by atoms with Gasteiger partial charge in [-0.3, -0.25) is 9.69 Å². The molecule has 0 spiro atoms. The van der Waals surface area contributed by atoms with Crippen LogP contribution in [0.3, 0.4) is 0 Å². The number of carbonyl (C=O) groups excluding carboxylic acids is 2. The van der Waals surface area contributed by atoms with Crippen molar-refractivity contribution < 1.29 is 19.1 Å². The molecule has 3 amide bonds. The zero-order valence-electron chi connectivity index (χ0n) is 13.1. The maximum atomic E-state index is 12.9. The molecule has 0 aromatic heterocycles. The lowest BCUT2D eigenvalue weighted by Crippen LogP contribution is -2.42. The second-order valence-corrected chi connectivity index (χ2v) is 6.63. The molecule has 6 heteroatoms. The number of rotatable bonds is 3. The fourth-order valence-electron chi connectivity index (χ4n) is 3.35. The molecule has 0 unspecified atom stereocenters. The number of nitrogens with zero attached hydrogens (tertiary/aromatic N) is 1. The number of carbonyl (C=O) groups is 2. The number of imide groups is 1. The summed E-state index contributed by atoms with van der Waals surface area (Å²) in [6, 6.07) is 5.10. The standard InChI is InChI=1S/C17H20N2O4/c1-17(12-5-6-13-14(9-12)23-8-7-22-13)15(20)19(16(21)18-17)10-11-3-2-4-11/h5-6,9,11H,2-4,7-8,10H2,1H3,(H,18,21)/t17-/m0/s1. The zero-order chi connectivity index (χ0) is 16.0. The highest BCUT2D eigenvalue weighted by Crippen LogP contribution is 2.37. The smallest absolute Gasteiger partial charge is 0.325 e. The van der Waals surface area contributed by atoms with Gasteiger partial charge in [-0.15, -0.1) is 0 Å². The van der Waals surface area contributed by atoms with Crippen molar-refractivity contribution in [3.05, 3.63) is 23.8 Å². The van der Waals surface area contributed by atoms with Crippen molar-refractivity contribution in [1.82, 2.24) is 10.2 Å². The lowest BCUT2D eigenvalue weighted by molar-refractivity contribution is -0.131. The third-order valence-corrected chi connectivity index (χ3v) is 5.06. The van der Waals surface area contributed by atoms with Crippen LogP contribution in [0.1, 0.15) is 31.7 Å². The van der Waals surface area contributed by atoms with Crippen LogP contribution in [0.5, 0.6) is 11.5 Å². The summed E-state index contributed by atoms with van der Waals surface area (Å²) in [5.74, 6) is 1.56. The Hall–Kier alpha value is -2.24. The van der Waals surface area contributed by atoms with Crippen molar-refractivity contribution in [1.29, 1.82) is 0 Å². The molecule has 1 saturated heterocycles. The number of hydrogen-bond acceptors (Lipinski definition) is 4. The molecule has 2 fully saturated rings. The summed E-state index contributed by atoms with van der Waals surface area (Å²) < 4.78 is 11.1. The first-order chi connectivity index (χ1) is 11.1. The molecule has 3 aliphatic rings. The predicted octanol–water partition coefficient (Wildman–Crippen LogP) is 2.02. The Morgan fingerprint density at radius 1 is 1.22 bits per heavy atom. The summed E-state index contributed by atoms with van der Waals surface area (Å²) in [6.45, 7) is 3.28. The molecule has 6 nitrogen and oxygen atoms in total. The van der Waals surface area contributed by atoms with E-state index in [2.05, 4.69) is 5.32 Å². The van der Waals surface area contributed by atoms with Gasteiger partial charge < -0.3 is 14.8 Å². The largest absolute Gasteiger partial charge is 0.486 e. The van der Waals surface area contributed by atoms with Crippen molar-refractivity contribution in [2.24, 2.45) is 5.92 Å². The van der Waals surface area contributed by atoms with E-state index in [9.17, 15) is 9.59 Å². The first kappa shape index (κ1) is 14.4. The Bertz CT molecular complexity index is 671. The summed E-state index contributed by atoms with van der Waals surface area (Å²) in [5.41, 5.74) is -0.326. The molecule has 4 rings (SSSR count). The van der Waals surface area contributed by atoms with Crippen molar-refractivity contribution in [2.75, 3.05) is 19.8 Å². The fourth-order valence-corrected chi connectivity index (χ4v) is 3.35. The van der Waals surface area contributed by atoms with Gasteiger partial charge in [0.2, 0.25) is 0 Å². The minimum Gasteiger partial charge on any atom is -0.486 e. The molecule has 1 aromatic rings. The summed E-state index contributed by atoms with van der Waals surface area (Å²) in [6.07, 6.45) is 3.38. The van der Waals surface area contributed by atoms with Gasteiger partial charge >= 0.3 is 6.03 Å². The van der Waals surface area contributed by atoms with Crippen LogP contribution in [0.25, 0.3) is 0 Å². The van der Waals surface area contributed by atoms with E-state index < -0.39 is 5.54 Å². The van der Waals surface area contributed by atoms with E-state index in [0.29, 0.717) is 37.2 Å². The summed E-state index contributed by atoms with van der Waals surface area (Å²) in [4.78, 5) is 26.5. The van der Waals surface area contributed by atoms with Gasteiger partial charge in [0.05, 0.1) is 0 Å². The minimum atomic E-state index is -1.04. The third-order valence-electron chi connectivity index (χ3n) is 5.06. The number of urea groups is 1. The van der Waals surface area contributed by atoms with Crippen LogP contribution in [-0.4, -0.2) is 36.6 Å². The van der Waals surface area contributed by atoms with Crippen LogP contribution in [0, 0.1) is 5.92 Å². The topological polar surface area (TPSA) is 67.9 Å². The number of ether oxygens (including phenoxy) is 2. The van der Waals surface area contributed by atoms with E-state index in [1.54, 1.807) is 19.1 Å². The van der Waals surface area contributed by atoms with Gasteiger partial charge in [-0.2, -0.15) is 0 Å². The molecule has 1 saturated carbocycles. The molecule has 0 bridgehead atoms. The maximum absolute atomic E-state index is 12.9. The Morgan fingerprint density at radius 2 is 1.96 bits per heavy atom.